The van der Waals surface area contributed by atoms with Crippen molar-refractivity contribution in [2.45, 2.75) is 32.4 Å². The summed E-state index contributed by atoms with van der Waals surface area (Å²) in [7, 11) is 0.507. The maximum Gasteiger partial charge on any atom is 0.333 e. The monoisotopic (exact) mass is 315 g/mol. The molecule has 0 unspecified atom stereocenters. The minimum absolute atomic E-state index is 0.0397. The largest absolute Gasteiger partial charge is 0.462 e. The fraction of sp³-hybridized carbons (Fsp3) is 0.714. The van der Waals surface area contributed by atoms with Gasteiger partial charge in [0.25, 0.3) is 8.68 Å². The van der Waals surface area contributed by atoms with E-state index in [1.54, 1.807) is 13.5 Å². The van der Waals surface area contributed by atoms with Gasteiger partial charge in [0.15, 0.2) is 0 Å². The summed E-state index contributed by atoms with van der Waals surface area (Å²) in [4.78, 5) is 24.5. The van der Waals surface area contributed by atoms with Gasteiger partial charge >= 0.3 is 11.9 Å². The van der Waals surface area contributed by atoms with Crippen molar-refractivity contribution >= 4 is 20.6 Å². The van der Waals surface area contributed by atoms with E-state index in [2.05, 4.69) is 6.58 Å². The highest BCUT2D eigenvalue weighted by Gasteiger charge is 2.07. The van der Waals surface area contributed by atoms with Crippen molar-refractivity contribution in [2.24, 2.45) is 0 Å². The van der Waals surface area contributed by atoms with E-state index in [0.29, 0.717) is 12.1 Å². The Balaban J connectivity index is 3.59. The van der Waals surface area contributed by atoms with Crippen molar-refractivity contribution in [3.8, 4) is 0 Å². The Bertz CT molecular complexity index is 384. The summed E-state index contributed by atoms with van der Waals surface area (Å²) in [5.41, 5.74) is 0.317. The van der Waals surface area contributed by atoms with Gasteiger partial charge in [-0.2, -0.15) is 0 Å². The molecule has 0 aromatic carbocycles. The molecule has 0 heterocycles. The van der Waals surface area contributed by atoms with Crippen molar-refractivity contribution in [1.29, 1.82) is 0 Å². The predicted octanol–water partition coefficient (Wildman–Crippen LogP) is 1.41. The van der Waals surface area contributed by atoms with Gasteiger partial charge < -0.3 is 18.8 Å². The maximum atomic E-state index is 11.5. The van der Waals surface area contributed by atoms with Crippen molar-refractivity contribution in [2.75, 3.05) is 33.4 Å². The molecule has 0 saturated carbocycles. The van der Waals surface area contributed by atoms with Gasteiger partial charge in [0.05, 0.1) is 6.42 Å². The molecular weight excluding hydrogens is 290 g/mol. The third-order valence-electron chi connectivity index (χ3n) is 2.69. The molecule has 0 N–H and O–H groups in total. The van der Waals surface area contributed by atoms with E-state index >= 15 is 0 Å². The Kier molecular flexibility index (Phi) is 10.6. The van der Waals surface area contributed by atoms with Crippen LogP contribution in [0.15, 0.2) is 12.2 Å². The minimum Gasteiger partial charge on any atom is -0.462 e. The van der Waals surface area contributed by atoms with Crippen LogP contribution in [0, 0.1) is 0 Å². The van der Waals surface area contributed by atoms with Gasteiger partial charge in [0, 0.05) is 12.1 Å². The number of rotatable bonds is 11. The Labute approximate surface area is 127 Å². The topological polar surface area (TPSA) is 72.9 Å². The fourth-order valence-corrected chi connectivity index (χ4v) is 2.13. The Hall–Kier alpha value is -1.34. The molecule has 0 aromatic rings. The predicted molar refractivity (Wildman–Crippen MR) is 80.6 cm³/mol. The number of carbonyl (C=O) groups is 2. The molecule has 0 amide bonds. The third-order valence-corrected chi connectivity index (χ3v) is 3.75. The number of hydrogen-bond donors (Lipinski definition) is 0. The second kappa shape index (κ2) is 11.3. The molecule has 0 rings (SSSR count). The van der Waals surface area contributed by atoms with Crippen LogP contribution < -0.4 is 0 Å². The lowest BCUT2D eigenvalue weighted by Gasteiger charge is -2.15. The van der Waals surface area contributed by atoms with Crippen LogP contribution >= 0.6 is 0 Å². The summed E-state index contributed by atoms with van der Waals surface area (Å²) in [5, 5.41) is 0. The second-order valence-electron chi connectivity index (χ2n) is 5.00. The molecular formula is C14H25NO5Si. The lowest BCUT2D eigenvalue weighted by molar-refractivity contribution is -0.150. The molecule has 0 fully saturated rings. The van der Waals surface area contributed by atoms with Gasteiger partial charge in [0.1, 0.15) is 13.2 Å². The number of carbonyl (C=O) groups excluding carboxylic acids is 2. The summed E-state index contributed by atoms with van der Waals surface area (Å²) >= 11 is 0. The van der Waals surface area contributed by atoms with Gasteiger partial charge in [-0.1, -0.05) is 6.58 Å². The van der Waals surface area contributed by atoms with Crippen molar-refractivity contribution in [1.82, 2.24) is 4.90 Å². The van der Waals surface area contributed by atoms with E-state index in [1.807, 2.05) is 11.9 Å². The zero-order valence-corrected chi connectivity index (χ0v) is 14.1. The lowest BCUT2D eigenvalue weighted by atomic mass is 10.3. The van der Waals surface area contributed by atoms with Gasteiger partial charge in [-0.15, -0.1) is 0 Å². The molecule has 7 heteroatoms. The van der Waals surface area contributed by atoms with Crippen LogP contribution in [0.4, 0.5) is 0 Å². The third kappa shape index (κ3) is 12.1. The first-order valence-corrected chi connectivity index (χ1v) is 9.10. The molecule has 0 aliphatic heterocycles. The van der Waals surface area contributed by atoms with E-state index in [4.69, 9.17) is 9.47 Å². The first kappa shape index (κ1) is 19.7. The Morgan fingerprint density at radius 3 is 2.38 bits per heavy atom. The van der Waals surface area contributed by atoms with Crippen LogP contribution in [0.5, 0.6) is 0 Å². The summed E-state index contributed by atoms with van der Waals surface area (Å²) in [6, 6.07) is 0.744. The lowest BCUT2D eigenvalue weighted by Crippen LogP contribution is -2.24. The summed E-state index contributed by atoms with van der Waals surface area (Å²) < 4.78 is 20.7. The highest BCUT2D eigenvalue weighted by molar-refractivity contribution is 6.40. The van der Waals surface area contributed by atoms with Crippen LogP contribution in [-0.2, 0) is 23.5 Å². The molecule has 0 spiro atoms. The molecule has 0 atom stereocenters. The number of esters is 2. The first-order chi connectivity index (χ1) is 9.82. The smallest absolute Gasteiger partial charge is 0.333 e. The van der Waals surface area contributed by atoms with Crippen molar-refractivity contribution in [3.05, 3.63) is 12.2 Å². The van der Waals surface area contributed by atoms with E-state index in [-0.39, 0.29) is 25.6 Å². The molecule has 0 aliphatic carbocycles. The van der Waals surface area contributed by atoms with Crippen molar-refractivity contribution in [3.63, 3.8) is 0 Å². The van der Waals surface area contributed by atoms with Gasteiger partial charge in [-0.25, -0.2) is 4.79 Å². The normalized spacial score (nSPS) is 10.3. The Morgan fingerprint density at radius 1 is 1.19 bits per heavy atom. The average molecular weight is 315 g/mol. The Morgan fingerprint density at radius 2 is 1.81 bits per heavy atom. The second-order valence-corrected chi connectivity index (χ2v) is 6.90. The zero-order chi connectivity index (χ0) is 16.3. The summed E-state index contributed by atoms with van der Waals surface area (Å²) in [6.07, 6.45) is 1.16. The van der Waals surface area contributed by atoms with Gasteiger partial charge in [-0.3, -0.25) is 4.79 Å². The van der Waals surface area contributed by atoms with Crippen LogP contribution in [0.25, 0.3) is 0 Å². The van der Waals surface area contributed by atoms with E-state index in [1.165, 1.54) is 0 Å². The van der Waals surface area contributed by atoms with Gasteiger partial charge in [-0.05, 0) is 39.5 Å². The molecule has 0 aliphatic rings. The first-order valence-electron chi connectivity index (χ1n) is 6.99. The zero-order valence-electron chi connectivity index (χ0n) is 13.1. The molecule has 21 heavy (non-hydrogen) atoms. The quantitative estimate of drug-likeness (QED) is 0.248. The molecule has 0 saturated heterocycles. The minimum atomic E-state index is -1.40. The van der Waals surface area contributed by atoms with Gasteiger partial charge in [0.2, 0.25) is 0 Å². The number of hydrogen-bond acceptors (Lipinski definition) is 6. The van der Waals surface area contributed by atoms with Crippen LogP contribution in [0.2, 0.25) is 12.6 Å². The highest BCUT2D eigenvalue weighted by atomic mass is 28.3. The molecule has 0 bridgehead atoms. The van der Waals surface area contributed by atoms with Crippen LogP contribution in [0.1, 0.15) is 19.8 Å². The molecule has 120 valence electrons. The SMILES string of the molecule is C=C(C)C(=O)OCCOC(=O)CCN(C)CCC[Si](C)=O. The van der Waals surface area contributed by atoms with E-state index in [0.717, 1.165) is 19.0 Å². The maximum absolute atomic E-state index is 11.5. The van der Waals surface area contributed by atoms with Crippen LogP contribution in [0.3, 0.4) is 0 Å². The molecule has 6 nitrogen and oxygen atoms in total. The number of ether oxygens (including phenoxy) is 2. The standard InChI is InChI=1S/C14H25NO5Si/c1-12(2)14(17)20-10-9-19-13(16)6-8-15(3)7-5-11-21(4)18/h1,5-11H2,2-4H3. The van der Waals surface area contributed by atoms with E-state index < -0.39 is 14.7 Å². The van der Waals surface area contributed by atoms with Crippen molar-refractivity contribution < 1.29 is 23.5 Å². The molecule has 0 radical (unpaired) electrons. The summed E-state index contributed by atoms with van der Waals surface area (Å²) in [5.74, 6) is -0.807. The van der Waals surface area contributed by atoms with E-state index in [9.17, 15) is 14.1 Å². The summed E-state index contributed by atoms with van der Waals surface area (Å²) in [6.45, 7) is 8.26. The average Bonchev–Trinajstić information content (AvgIpc) is 2.40. The highest BCUT2D eigenvalue weighted by Crippen LogP contribution is 1.97. The number of nitrogens with zero attached hydrogens (tertiary/aromatic N) is 1. The fourth-order valence-electron chi connectivity index (χ4n) is 1.48. The molecule has 0 aromatic heterocycles. The van der Waals surface area contributed by atoms with Crippen LogP contribution in [-0.4, -0.2) is 58.9 Å².